The van der Waals surface area contributed by atoms with Crippen molar-refractivity contribution in [3.05, 3.63) is 42.5 Å². The minimum atomic E-state index is -0.394. The predicted octanol–water partition coefficient (Wildman–Crippen LogP) is 4.57. The van der Waals surface area contributed by atoms with E-state index in [0.717, 1.165) is 43.7 Å². The molecule has 0 unspecified atom stereocenters. The first kappa shape index (κ1) is 19.3. The standard InChI is InChI=1S/C25H27FN6O/c26-20-2-1-18(28-23(33)31-10-8-25(16-31)5-6-25)12-21(20)32-14-17-11-19(13-27-22(17)29-32)30-9-7-24(15-30)3-4-24/h1-2,11-14H,3-10,15-16H2,(H,28,33). The van der Waals surface area contributed by atoms with Gasteiger partial charge in [-0.3, -0.25) is 0 Å². The zero-order chi connectivity index (χ0) is 22.2. The largest absolute Gasteiger partial charge is 0.370 e. The van der Waals surface area contributed by atoms with Crippen LogP contribution in [0.3, 0.4) is 0 Å². The Kier molecular flexibility index (Phi) is 3.91. The van der Waals surface area contributed by atoms with Crippen LogP contribution in [0, 0.1) is 16.6 Å². The number of nitrogens with zero attached hydrogens (tertiary/aromatic N) is 5. The Bertz CT molecular complexity index is 1280. The smallest absolute Gasteiger partial charge is 0.321 e. The number of nitrogens with one attached hydrogen (secondary N) is 1. The third kappa shape index (κ3) is 3.34. The molecule has 4 fully saturated rings. The minimum absolute atomic E-state index is 0.118. The van der Waals surface area contributed by atoms with Gasteiger partial charge in [-0.05, 0) is 73.6 Å². The summed E-state index contributed by atoms with van der Waals surface area (Å²) in [6.07, 6.45) is 11.1. The molecular weight excluding hydrogens is 419 g/mol. The van der Waals surface area contributed by atoms with Crippen molar-refractivity contribution in [2.75, 3.05) is 36.4 Å². The van der Waals surface area contributed by atoms with E-state index in [1.807, 2.05) is 17.3 Å². The van der Waals surface area contributed by atoms with Gasteiger partial charge in [0.15, 0.2) is 5.65 Å². The summed E-state index contributed by atoms with van der Waals surface area (Å²) in [6, 6.07) is 6.59. The van der Waals surface area contributed by atoms with Crippen molar-refractivity contribution in [2.45, 2.75) is 38.5 Å². The number of benzene rings is 1. The molecule has 170 valence electrons. The first-order chi connectivity index (χ1) is 16.0. The molecule has 0 bridgehead atoms. The van der Waals surface area contributed by atoms with Crippen LogP contribution in [0.15, 0.2) is 36.7 Å². The van der Waals surface area contributed by atoms with Crippen molar-refractivity contribution in [3.8, 4) is 5.69 Å². The summed E-state index contributed by atoms with van der Waals surface area (Å²) in [5.74, 6) is -0.394. The maximum atomic E-state index is 14.7. The van der Waals surface area contributed by atoms with E-state index in [4.69, 9.17) is 0 Å². The molecule has 2 aliphatic carbocycles. The van der Waals surface area contributed by atoms with Crippen LogP contribution >= 0.6 is 0 Å². The first-order valence-corrected chi connectivity index (χ1v) is 12.0. The second-order valence-electron chi connectivity index (χ2n) is 10.6. The molecule has 2 aromatic heterocycles. The number of fused-ring (bicyclic) bond motifs is 1. The maximum Gasteiger partial charge on any atom is 0.321 e. The molecule has 0 atom stereocenters. The summed E-state index contributed by atoms with van der Waals surface area (Å²) in [7, 11) is 0. The lowest BCUT2D eigenvalue weighted by atomic mass is 10.1. The van der Waals surface area contributed by atoms with Gasteiger partial charge in [0.05, 0.1) is 11.9 Å². The highest BCUT2D eigenvalue weighted by Gasteiger charge is 2.49. The van der Waals surface area contributed by atoms with E-state index in [0.29, 0.717) is 27.9 Å². The van der Waals surface area contributed by atoms with Gasteiger partial charge in [0.25, 0.3) is 0 Å². The van der Waals surface area contributed by atoms with Crippen LogP contribution in [0.5, 0.6) is 0 Å². The quantitative estimate of drug-likeness (QED) is 0.640. The van der Waals surface area contributed by atoms with Crippen molar-refractivity contribution >= 4 is 28.4 Å². The average Bonchev–Trinajstić information content (AvgIpc) is 3.54. The number of carbonyl (C=O) groups is 1. The van der Waals surface area contributed by atoms with Crippen molar-refractivity contribution in [3.63, 3.8) is 0 Å². The molecule has 3 aromatic rings. The zero-order valence-corrected chi connectivity index (χ0v) is 18.6. The second kappa shape index (κ2) is 6.68. The number of pyridine rings is 1. The van der Waals surface area contributed by atoms with Crippen LogP contribution < -0.4 is 10.2 Å². The highest BCUT2D eigenvalue weighted by Crippen LogP contribution is 2.53. The normalized spacial score (nSPS) is 22.0. The number of rotatable bonds is 3. The fraction of sp³-hybridized carbons (Fsp3) is 0.480. The third-order valence-corrected chi connectivity index (χ3v) is 8.23. The molecule has 7 rings (SSSR count). The number of likely N-dealkylation sites (tertiary alicyclic amines) is 1. The van der Waals surface area contributed by atoms with Crippen LogP contribution in [0.2, 0.25) is 0 Å². The van der Waals surface area contributed by atoms with Gasteiger partial charge in [-0.2, -0.15) is 0 Å². The van der Waals surface area contributed by atoms with Crippen molar-refractivity contribution in [1.82, 2.24) is 19.7 Å². The summed E-state index contributed by atoms with van der Waals surface area (Å²) in [4.78, 5) is 21.5. The van der Waals surface area contributed by atoms with Gasteiger partial charge >= 0.3 is 6.03 Å². The lowest BCUT2D eigenvalue weighted by molar-refractivity contribution is 0.220. The van der Waals surface area contributed by atoms with Crippen LogP contribution in [0.1, 0.15) is 38.5 Å². The number of anilines is 2. The monoisotopic (exact) mass is 446 g/mol. The molecular formula is C25H27FN6O. The highest BCUT2D eigenvalue weighted by atomic mass is 19.1. The second-order valence-corrected chi connectivity index (χ2v) is 10.6. The topological polar surface area (TPSA) is 66.3 Å². The van der Waals surface area contributed by atoms with Crippen molar-refractivity contribution in [1.29, 1.82) is 0 Å². The Morgan fingerprint density at radius 2 is 1.79 bits per heavy atom. The van der Waals surface area contributed by atoms with E-state index in [-0.39, 0.29) is 6.03 Å². The average molecular weight is 447 g/mol. The number of halogens is 1. The predicted molar refractivity (Wildman–Crippen MR) is 124 cm³/mol. The van der Waals surface area contributed by atoms with Crippen LogP contribution in [-0.4, -0.2) is 51.9 Å². The number of carbonyl (C=O) groups excluding carboxylic acids is 1. The number of amides is 2. The molecule has 1 aromatic carbocycles. The first-order valence-electron chi connectivity index (χ1n) is 12.0. The summed E-state index contributed by atoms with van der Waals surface area (Å²) in [5.41, 5.74) is 3.46. The van der Waals surface area contributed by atoms with Gasteiger partial charge in [0.1, 0.15) is 11.5 Å². The Morgan fingerprint density at radius 3 is 2.55 bits per heavy atom. The molecule has 2 saturated carbocycles. The Labute approximate surface area is 191 Å². The molecule has 4 heterocycles. The Morgan fingerprint density at radius 1 is 1.00 bits per heavy atom. The number of hydrogen-bond acceptors (Lipinski definition) is 4. The van der Waals surface area contributed by atoms with Gasteiger partial charge in [0, 0.05) is 43.4 Å². The summed E-state index contributed by atoms with van der Waals surface area (Å²) in [5, 5.41) is 8.32. The van der Waals surface area contributed by atoms with Gasteiger partial charge < -0.3 is 15.1 Å². The molecule has 4 aliphatic rings. The van der Waals surface area contributed by atoms with Crippen LogP contribution in [-0.2, 0) is 0 Å². The van der Waals surface area contributed by atoms with E-state index < -0.39 is 5.82 Å². The summed E-state index contributed by atoms with van der Waals surface area (Å²) >= 11 is 0. The Balaban J connectivity index is 1.13. The number of hydrogen-bond donors (Lipinski definition) is 1. The summed E-state index contributed by atoms with van der Waals surface area (Å²) < 4.78 is 16.3. The van der Waals surface area contributed by atoms with E-state index in [2.05, 4.69) is 26.4 Å². The highest BCUT2D eigenvalue weighted by molar-refractivity contribution is 5.90. The molecule has 8 heteroatoms. The van der Waals surface area contributed by atoms with E-state index in [9.17, 15) is 9.18 Å². The molecule has 0 radical (unpaired) electrons. The van der Waals surface area contributed by atoms with E-state index >= 15 is 0 Å². The van der Waals surface area contributed by atoms with E-state index in [1.165, 1.54) is 42.9 Å². The van der Waals surface area contributed by atoms with Crippen molar-refractivity contribution in [2.24, 2.45) is 10.8 Å². The molecule has 2 amide bonds. The van der Waals surface area contributed by atoms with Gasteiger partial charge in [-0.15, -0.1) is 5.10 Å². The van der Waals surface area contributed by atoms with Gasteiger partial charge in [-0.25, -0.2) is 18.9 Å². The molecule has 2 saturated heterocycles. The molecule has 2 spiro atoms. The lowest BCUT2D eigenvalue weighted by Crippen LogP contribution is -2.33. The van der Waals surface area contributed by atoms with Crippen LogP contribution in [0.25, 0.3) is 16.7 Å². The van der Waals surface area contributed by atoms with Gasteiger partial charge in [0.2, 0.25) is 0 Å². The maximum absolute atomic E-state index is 14.7. The fourth-order valence-corrected chi connectivity index (χ4v) is 5.60. The summed E-state index contributed by atoms with van der Waals surface area (Å²) in [6.45, 7) is 3.78. The SMILES string of the molecule is O=C(Nc1ccc(F)c(-n2cc3cc(N4CCC5(CC5)C4)cnc3n2)c1)N1CCC2(CC2)C1. The molecule has 7 nitrogen and oxygen atoms in total. The molecule has 33 heavy (non-hydrogen) atoms. The number of aromatic nitrogens is 3. The van der Waals surface area contributed by atoms with Gasteiger partial charge in [-0.1, -0.05) is 0 Å². The molecule has 2 aliphatic heterocycles. The minimum Gasteiger partial charge on any atom is -0.370 e. The third-order valence-electron chi connectivity index (χ3n) is 8.23. The van der Waals surface area contributed by atoms with Crippen LogP contribution in [0.4, 0.5) is 20.6 Å². The lowest BCUT2D eigenvalue weighted by Gasteiger charge is -2.17. The fourth-order valence-electron chi connectivity index (χ4n) is 5.60. The van der Waals surface area contributed by atoms with Crippen molar-refractivity contribution < 1.29 is 9.18 Å². The van der Waals surface area contributed by atoms with E-state index in [1.54, 1.807) is 12.1 Å². The zero-order valence-electron chi connectivity index (χ0n) is 18.6. The number of urea groups is 1. The molecule has 1 N–H and O–H groups in total. The Hall–Kier alpha value is -3.16.